The van der Waals surface area contributed by atoms with E-state index >= 15 is 0 Å². The molecule has 3 rings (SSSR count). The Bertz CT molecular complexity index is 828. The summed E-state index contributed by atoms with van der Waals surface area (Å²) >= 11 is 0. The van der Waals surface area contributed by atoms with Crippen LogP contribution in [0.5, 0.6) is 0 Å². The van der Waals surface area contributed by atoms with Crippen LogP contribution in [-0.2, 0) is 19.4 Å². The topological polar surface area (TPSA) is 69.2 Å². The van der Waals surface area contributed by atoms with E-state index in [0.717, 1.165) is 36.5 Å². The summed E-state index contributed by atoms with van der Waals surface area (Å²) < 4.78 is 0. The second-order valence-electron chi connectivity index (χ2n) is 7.05. The van der Waals surface area contributed by atoms with E-state index in [9.17, 15) is 9.90 Å². The van der Waals surface area contributed by atoms with E-state index in [1.165, 1.54) is 11.1 Å². The fourth-order valence-electron chi connectivity index (χ4n) is 3.46. The zero-order chi connectivity index (χ0) is 18.5. The van der Waals surface area contributed by atoms with Gasteiger partial charge in [-0.15, -0.1) is 6.58 Å². The minimum atomic E-state index is -0.387. The first-order chi connectivity index (χ1) is 12.6. The zero-order valence-electron chi connectivity index (χ0n) is 15.4. The van der Waals surface area contributed by atoms with Crippen LogP contribution in [0.2, 0.25) is 0 Å². The summed E-state index contributed by atoms with van der Waals surface area (Å²) in [5, 5.41) is 10.1. The molecule has 138 valence electrons. The molecule has 0 unspecified atom stereocenters. The average molecular weight is 353 g/mol. The van der Waals surface area contributed by atoms with Gasteiger partial charge in [-0.3, -0.25) is 9.69 Å². The van der Waals surface area contributed by atoms with Crippen molar-refractivity contribution in [3.05, 3.63) is 75.5 Å². The summed E-state index contributed by atoms with van der Waals surface area (Å²) in [5.74, 6) is 0.725. The van der Waals surface area contributed by atoms with Gasteiger partial charge in [0, 0.05) is 32.5 Å². The highest BCUT2D eigenvalue weighted by atomic mass is 16.3. The van der Waals surface area contributed by atoms with Crippen LogP contribution in [0.25, 0.3) is 0 Å². The number of rotatable bonds is 7. The third-order valence-electron chi connectivity index (χ3n) is 4.99. The van der Waals surface area contributed by atoms with Crippen molar-refractivity contribution in [3.8, 4) is 0 Å². The number of allylic oxidation sites excluding steroid dienone is 1. The van der Waals surface area contributed by atoms with Gasteiger partial charge in [0.1, 0.15) is 5.82 Å². The van der Waals surface area contributed by atoms with Gasteiger partial charge in [-0.2, -0.15) is 0 Å². The number of aromatic amines is 1. The van der Waals surface area contributed by atoms with E-state index in [1.807, 2.05) is 18.2 Å². The number of aromatic nitrogens is 2. The Morgan fingerprint density at radius 1 is 1.42 bits per heavy atom. The van der Waals surface area contributed by atoms with Crippen molar-refractivity contribution in [1.29, 1.82) is 0 Å². The molecule has 1 aromatic carbocycles. The number of hydrogen-bond donors (Lipinski definition) is 2. The second-order valence-corrected chi connectivity index (χ2v) is 7.05. The molecule has 2 aromatic rings. The molecule has 26 heavy (non-hydrogen) atoms. The molecule has 0 saturated heterocycles. The van der Waals surface area contributed by atoms with Crippen molar-refractivity contribution >= 4 is 0 Å². The zero-order valence-corrected chi connectivity index (χ0v) is 15.4. The number of aliphatic hydroxyl groups excluding tert-OH is 1. The quantitative estimate of drug-likeness (QED) is 0.750. The molecule has 0 radical (unpaired) electrons. The molecule has 1 aliphatic heterocycles. The van der Waals surface area contributed by atoms with Crippen molar-refractivity contribution in [2.24, 2.45) is 0 Å². The van der Waals surface area contributed by atoms with Gasteiger partial charge in [-0.25, -0.2) is 4.98 Å². The summed E-state index contributed by atoms with van der Waals surface area (Å²) in [5.41, 5.74) is 3.96. The van der Waals surface area contributed by atoms with Gasteiger partial charge < -0.3 is 10.1 Å². The van der Waals surface area contributed by atoms with E-state index in [0.29, 0.717) is 25.9 Å². The summed E-state index contributed by atoms with van der Waals surface area (Å²) in [4.78, 5) is 22.4. The van der Waals surface area contributed by atoms with Crippen molar-refractivity contribution in [2.75, 3.05) is 13.1 Å². The Morgan fingerprint density at radius 2 is 2.23 bits per heavy atom. The number of H-pyrrole nitrogens is 1. The van der Waals surface area contributed by atoms with Crippen LogP contribution in [0.15, 0.2) is 41.7 Å². The predicted octanol–water partition coefficient (Wildman–Crippen LogP) is 2.35. The first-order valence-corrected chi connectivity index (χ1v) is 9.23. The maximum absolute atomic E-state index is 12.6. The maximum Gasteiger partial charge on any atom is 0.255 e. The molecule has 0 amide bonds. The molecular formula is C21H27N3O2. The highest BCUT2D eigenvalue weighted by Gasteiger charge is 2.22. The SMILES string of the molecule is C=CCC[C@H](O)CN1CCc2nc(Cc3ccccc3C)[nH]c(=O)c2C1. The Kier molecular flexibility index (Phi) is 6.01. The Hall–Kier alpha value is -2.24. The molecule has 2 heterocycles. The summed E-state index contributed by atoms with van der Waals surface area (Å²) in [6.45, 7) is 7.70. The number of benzene rings is 1. The van der Waals surface area contributed by atoms with E-state index in [1.54, 1.807) is 0 Å². The lowest BCUT2D eigenvalue weighted by molar-refractivity contribution is 0.0986. The molecule has 0 saturated carbocycles. The number of nitrogens with one attached hydrogen (secondary N) is 1. The van der Waals surface area contributed by atoms with Crippen LogP contribution < -0.4 is 5.56 Å². The Morgan fingerprint density at radius 3 is 3.00 bits per heavy atom. The molecule has 0 fully saturated rings. The van der Waals surface area contributed by atoms with Gasteiger partial charge >= 0.3 is 0 Å². The van der Waals surface area contributed by atoms with E-state index in [2.05, 4.69) is 35.5 Å². The summed E-state index contributed by atoms with van der Waals surface area (Å²) in [6, 6.07) is 8.16. The van der Waals surface area contributed by atoms with Crippen molar-refractivity contribution in [3.63, 3.8) is 0 Å². The lowest BCUT2D eigenvalue weighted by Crippen LogP contribution is -2.40. The van der Waals surface area contributed by atoms with Gasteiger partial charge in [0.25, 0.3) is 5.56 Å². The molecular weight excluding hydrogens is 326 g/mol. The monoisotopic (exact) mass is 353 g/mol. The first kappa shape index (κ1) is 18.5. The largest absolute Gasteiger partial charge is 0.392 e. The lowest BCUT2D eigenvalue weighted by Gasteiger charge is -2.29. The highest BCUT2D eigenvalue weighted by molar-refractivity contribution is 5.29. The number of nitrogens with zero attached hydrogens (tertiary/aromatic N) is 2. The van der Waals surface area contributed by atoms with Crippen LogP contribution in [-0.4, -0.2) is 39.2 Å². The fraction of sp³-hybridized carbons (Fsp3) is 0.429. The third-order valence-corrected chi connectivity index (χ3v) is 4.99. The van der Waals surface area contributed by atoms with Gasteiger partial charge in [0.05, 0.1) is 17.4 Å². The molecule has 2 N–H and O–H groups in total. The fourth-order valence-corrected chi connectivity index (χ4v) is 3.46. The third kappa shape index (κ3) is 4.48. The van der Waals surface area contributed by atoms with Crippen LogP contribution >= 0.6 is 0 Å². The van der Waals surface area contributed by atoms with Crippen molar-refractivity contribution in [2.45, 2.75) is 45.3 Å². The van der Waals surface area contributed by atoms with Crippen LogP contribution in [0, 0.1) is 6.92 Å². The molecule has 5 nitrogen and oxygen atoms in total. The number of aryl methyl sites for hydroxylation is 1. The number of β-amino-alcohol motifs (C(OH)–C–C–N with tert-alkyl or cyclic N) is 1. The van der Waals surface area contributed by atoms with Crippen LogP contribution in [0.3, 0.4) is 0 Å². The minimum absolute atomic E-state index is 0.0520. The smallest absolute Gasteiger partial charge is 0.255 e. The molecule has 0 bridgehead atoms. The van der Waals surface area contributed by atoms with E-state index < -0.39 is 0 Å². The molecule has 1 aromatic heterocycles. The van der Waals surface area contributed by atoms with Gasteiger partial charge in [0.15, 0.2) is 0 Å². The lowest BCUT2D eigenvalue weighted by atomic mass is 10.0. The summed E-state index contributed by atoms with van der Waals surface area (Å²) in [7, 11) is 0. The standard InChI is InChI=1S/C21H27N3O2/c1-3-4-9-17(25)13-24-11-10-19-18(14-24)21(26)23-20(22-19)12-16-8-6-5-7-15(16)2/h3,5-8,17,25H,1,4,9-14H2,2H3,(H,22,23,26)/t17-/m0/s1. The van der Waals surface area contributed by atoms with Crippen LogP contribution in [0.1, 0.15) is 41.1 Å². The molecule has 0 aliphatic carbocycles. The van der Waals surface area contributed by atoms with E-state index in [4.69, 9.17) is 4.98 Å². The number of fused-ring (bicyclic) bond motifs is 1. The first-order valence-electron chi connectivity index (χ1n) is 9.23. The molecule has 1 atom stereocenters. The molecule has 0 spiro atoms. The van der Waals surface area contributed by atoms with E-state index in [-0.39, 0.29) is 11.7 Å². The minimum Gasteiger partial charge on any atom is -0.392 e. The van der Waals surface area contributed by atoms with Crippen LogP contribution in [0.4, 0.5) is 0 Å². The molecule has 5 heteroatoms. The number of aliphatic hydroxyl groups is 1. The second kappa shape index (κ2) is 8.43. The maximum atomic E-state index is 12.6. The van der Waals surface area contributed by atoms with Gasteiger partial charge in [0.2, 0.25) is 0 Å². The van der Waals surface area contributed by atoms with Crippen molar-refractivity contribution in [1.82, 2.24) is 14.9 Å². The highest BCUT2D eigenvalue weighted by Crippen LogP contribution is 2.16. The van der Waals surface area contributed by atoms with Crippen molar-refractivity contribution < 1.29 is 5.11 Å². The normalized spacial score (nSPS) is 15.5. The predicted molar refractivity (Wildman–Crippen MR) is 103 cm³/mol. The Balaban J connectivity index is 1.71. The van der Waals surface area contributed by atoms with Gasteiger partial charge in [-0.05, 0) is 30.9 Å². The molecule has 1 aliphatic rings. The number of hydrogen-bond acceptors (Lipinski definition) is 4. The van der Waals surface area contributed by atoms with Gasteiger partial charge in [-0.1, -0.05) is 30.3 Å². The average Bonchev–Trinajstić information content (AvgIpc) is 2.62. The summed E-state index contributed by atoms with van der Waals surface area (Å²) in [6.07, 6.45) is 4.32. The Labute approximate surface area is 154 Å².